The van der Waals surface area contributed by atoms with Crippen molar-refractivity contribution in [1.29, 1.82) is 0 Å². The van der Waals surface area contributed by atoms with Gasteiger partial charge < -0.3 is 9.73 Å². The molecule has 1 N–H and O–H groups in total. The first-order chi connectivity index (χ1) is 10.6. The van der Waals surface area contributed by atoms with Gasteiger partial charge >= 0.3 is 0 Å². The summed E-state index contributed by atoms with van der Waals surface area (Å²) in [5, 5.41) is 3.92. The van der Waals surface area contributed by atoms with E-state index in [1.807, 2.05) is 50.2 Å². The highest BCUT2D eigenvalue weighted by Gasteiger charge is 2.17. The number of hydrogen-bond donors (Lipinski definition) is 1. The Morgan fingerprint density at radius 2 is 1.73 bits per heavy atom. The van der Waals surface area contributed by atoms with Crippen molar-refractivity contribution in [3.63, 3.8) is 0 Å². The fourth-order valence-corrected chi connectivity index (χ4v) is 2.55. The minimum absolute atomic E-state index is 0.173. The van der Waals surface area contributed by atoms with Crippen LogP contribution in [0.4, 0.5) is 0 Å². The summed E-state index contributed by atoms with van der Waals surface area (Å²) in [5.41, 5.74) is 5.09. The molecule has 0 saturated heterocycles. The van der Waals surface area contributed by atoms with Crippen molar-refractivity contribution in [2.75, 3.05) is 0 Å². The lowest BCUT2D eigenvalue weighted by molar-refractivity contribution is 0.0924. The third kappa shape index (κ3) is 2.62. The lowest BCUT2D eigenvalue weighted by Gasteiger charge is -2.03. The van der Waals surface area contributed by atoms with Gasteiger partial charge in [0.25, 0.3) is 5.91 Å². The van der Waals surface area contributed by atoms with Crippen LogP contribution in [-0.4, -0.2) is 5.91 Å². The Balaban J connectivity index is 1.86. The Labute approximate surface area is 130 Å². The van der Waals surface area contributed by atoms with Gasteiger partial charge in [0.05, 0.1) is 0 Å². The highest BCUT2D eigenvalue weighted by Crippen LogP contribution is 2.27. The van der Waals surface area contributed by atoms with Crippen molar-refractivity contribution in [2.45, 2.75) is 27.3 Å². The SMILES string of the molecule is Cc1cc2oc(C(=O)NCc3ccccc3)c(C)c2cc1C. The van der Waals surface area contributed by atoms with Gasteiger partial charge in [-0.3, -0.25) is 4.79 Å². The van der Waals surface area contributed by atoms with E-state index in [1.165, 1.54) is 5.56 Å². The van der Waals surface area contributed by atoms with Crippen LogP contribution in [0.2, 0.25) is 0 Å². The van der Waals surface area contributed by atoms with Crippen LogP contribution >= 0.6 is 0 Å². The third-order valence-electron chi connectivity index (χ3n) is 4.05. The number of rotatable bonds is 3. The number of benzene rings is 2. The molecule has 0 atom stereocenters. The first-order valence-corrected chi connectivity index (χ1v) is 7.38. The van der Waals surface area contributed by atoms with Crippen molar-refractivity contribution in [1.82, 2.24) is 5.32 Å². The number of carbonyl (C=O) groups is 1. The lowest BCUT2D eigenvalue weighted by Crippen LogP contribution is -2.22. The van der Waals surface area contributed by atoms with Crippen molar-refractivity contribution in [3.8, 4) is 0 Å². The van der Waals surface area contributed by atoms with Crippen LogP contribution in [0.3, 0.4) is 0 Å². The Morgan fingerprint density at radius 1 is 1.05 bits per heavy atom. The van der Waals surface area contributed by atoms with Gasteiger partial charge in [0.15, 0.2) is 5.76 Å². The van der Waals surface area contributed by atoms with E-state index in [2.05, 4.69) is 18.3 Å². The fourth-order valence-electron chi connectivity index (χ4n) is 2.55. The molecule has 3 heteroatoms. The molecule has 0 aliphatic carbocycles. The topological polar surface area (TPSA) is 42.2 Å². The maximum atomic E-state index is 12.4. The molecule has 0 spiro atoms. The second-order valence-corrected chi connectivity index (χ2v) is 5.66. The molecule has 1 heterocycles. The van der Waals surface area contributed by atoms with E-state index in [-0.39, 0.29) is 5.91 Å². The van der Waals surface area contributed by atoms with Crippen molar-refractivity contribution >= 4 is 16.9 Å². The summed E-state index contributed by atoms with van der Waals surface area (Å²) in [7, 11) is 0. The van der Waals surface area contributed by atoms with Gasteiger partial charge in [-0.05, 0) is 49.6 Å². The monoisotopic (exact) mass is 293 g/mol. The number of hydrogen-bond acceptors (Lipinski definition) is 2. The Kier molecular flexibility index (Phi) is 3.72. The van der Waals surface area contributed by atoms with Gasteiger partial charge in [0, 0.05) is 17.5 Å². The maximum absolute atomic E-state index is 12.4. The van der Waals surface area contributed by atoms with Crippen LogP contribution in [0.5, 0.6) is 0 Å². The van der Waals surface area contributed by atoms with Crippen LogP contribution in [-0.2, 0) is 6.54 Å². The lowest BCUT2D eigenvalue weighted by atomic mass is 10.0. The van der Waals surface area contributed by atoms with Gasteiger partial charge in [0.1, 0.15) is 5.58 Å². The molecule has 112 valence electrons. The molecule has 0 radical (unpaired) electrons. The smallest absolute Gasteiger partial charge is 0.287 e. The van der Waals surface area contributed by atoms with Gasteiger partial charge in [-0.15, -0.1) is 0 Å². The summed E-state index contributed by atoms with van der Waals surface area (Å²) in [6.45, 7) is 6.53. The zero-order valence-electron chi connectivity index (χ0n) is 13.1. The van der Waals surface area contributed by atoms with E-state index < -0.39 is 0 Å². The standard InChI is InChI=1S/C19H19NO2/c1-12-9-16-14(3)18(22-17(16)10-13(12)2)19(21)20-11-15-7-5-4-6-8-15/h4-10H,11H2,1-3H3,(H,20,21). The minimum atomic E-state index is -0.173. The summed E-state index contributed by atoms with van der Waals surface area (Å²) in [6, 6.07) is 13.9. The molecule has 0 aliphatic rings. The number of furan rings is 1. The predicted octanol–water partition coefficient (Wildman–Crippen LogP) is 4.29. The van der Waals surface area contributed by atoms with Crippen molar-refractivity contribution in [2.24, 2.45) is 0 Å². The van der Waals surface area contributed by atoms with Crippen LogP contribution in [0.1, 0.15) is 32.8 Å². The molecule has 22 heavy (non-hydrogen) atoms. The summed E-state index contributed by atoms with van der Waals surface area (Å²) in [6.07, 6.45) is 0. The van der Waals surface area contributed by atoms with E-state index in [1.54, 1.807) is 0 Å². The molecule has 0 bridgehead atoms. The Morgan fingerprint density at radius 3 is 2.45 bits per heavy atom. The summed E-state index contributed by atoms with van der Waals surface area (Å²) in [4.78, 5) is 12.4. The van der Waals surface area contributed by atoms with Crippen LogP contribution in [0.15, 0.2) is 46.9 Å². The highest BCUT2D eigenvalue weighted by molar-refractivity contribution is 5.99. The number of carbonyl (C=O) groups excluding carboxylic acids is 1. The molecule has 3 aromatic rings. The molecule has 3 nitrogen and oxygen atoms in total. The molecule has 2 aromatic carbocycles. The number of amides is 1. The predicted molar refractivity (Wildman–Crippen MR) is 88.0 cm³/mol. The summed E-state index contributed by atoms with van der Waals surface area (Å²) < 4.78 is 5.77. The molecular weight excluding hydrogens is 274 g/mol. The van der Waals surface area contributed by atoms with Gasteiger partial charge in [-0.1, -0.05) is 30.3 Å². The quantitative estimate of drug-likeness (QED) is 0.782. The maximum Gasteiger partial charge on any atom is 0.287 e. The first kappa shape index (κ1) is 14.4. The zero-order chi connectivity index (χ0) is 15.7. The van der Waals surface area contributed by atoms with Crippen molar-refractivity contribution in [3.05, 3.63) is 70.5 Å². The van der Waals surface area contributed by atoms with Crippen LogP contribution in [0.25, 0.3) is 11.0 Å². The third-order valence-corrected chi connectivity index (χ3v) is 4.05. The van der Waals surface area contributed by atoms with E-state index in [9.17, 15) is 4.79 Å². The Hall–Kier alpha value is -2.55. The summed E-state index contributed by atoms with van der Waals surface area (Å²) in [5.74, 6) is 0.226. The average Bonchev–Trinajstić information content (AvgIpc) is 2.83. The molecular formula is C19H19NO2. The normalized spacial score (nSPS) is 10.9. The summed E-state index contributed by atoms with van der Waals surface area (Å²) >= 11 is 0. The molecule has 0 fully saturated rings. The average molecular weight is 293 g/mol. The fraction of sp³-hybridized carbons (Fsp3) is 0.211. The molecule has 0 unspecified atom stereocenters. The highest BCUT2D eigenvalue weighted by atomic mass is 16.3. The van der Waals surface area contributed by atoms with E-state index in [0.717, 1.165) is 27.7 Å². The van der Waals surface area contributed by atoms with E-state index in [4.69, 9.17) is 4.42 Å². The van der Waals surface area contributed by atoms with Crippen LogP contribution < -0.4 is 5.32 Å². The largest absolute Gasteiger partial charge is 0.451 e. The van der Waals surface area contributed by atoms with Gasteiger partial charge in [0.2, 0.25) is 0 Å². The van der Waals surface area contributed by atoms with E-state index >= 15 is 0 Å². The second kappa shape index (κ2) is 5.68. The minimum Gasteiger partial charge on any atom is -0.451 e. The molecule has 1 aromatic heterocycles. The van der Waals surface area contributed by atoms with Crippen LogP contribution in [0, 0.1) is 20.8 Å². The second-order valence-electron chi connectivity index (χ2n) is 5.66. The first-order valence-electron chi connectivity index (χ1n) is 7.38. The molecule has 1 amide bonds. The Bertz CT molecular complexity index is 832. The van der Waals surface area contributed by atoms with Gasteiger partial charge in [-0.2, -0.15) is 0 Å². The number of nitrogens with one attached hydrogen (secondary N) is 1. The number of aryl methyl sites for hydroxylation is 3. The van der Waals surface area contributed by atoms with Gasteiger partial charge in [-0.25, -0.2) is 0 Å². The zero-order valence-corrected chi connectivity index (χ0v) is 13.1. The molecule has 3 rings (SSSR count). The molecule has 0 saturated carbocycles. The molecule has 0 aliphatic heterocycles. The van der Waals surface area contributed by atoms with Crippen molar-refractivity contribution < 1.29 is 9.21 Å². The van der Waals surface area contributed by atoms with E-state index in [0.29, 0.717) is 12.3 Å². The number of fused-ring (bicyclic) bond motifs is 1.